The fourth-order valence-corrected chi connectivity index (χ4v) is 8.61. The Hall–Kier alpha value is -3.09. The van der Waals surface area contributed by atoms with Crippen LogP contribution in [0.25, 0.3) is 0 Å². The van der Waals surface area contributed by atoms with E-state index in [1.54, 1.807) is 6.07 Å². The van der Waals surface area contributed by atoms with Gasteiger partial charge < -0.3 is 18.6 Å². The van der Waals surface area contributed by atoms with Crippen LogP contribution in [0.4, 0.5) is 0 Å². The van der Waals surface area contributed by atoms with Crippen LogP contribution in [-0.2, 0) is 9.47 Å². The number of ether oxygens (including phenoxy) is 3. The lowest BCUT2D eigenvalue weighted by molar-refractivity contribution is 0.0463. The molecule has 0 radical (unpaired) electrons. The van der Waals surface area contributed by atoms with Gasteiger partial charge in [0.1, 0.15) is 17.1 Å². The first-order valence-corrected chi connectivity index (χ1v) is 12.8. The molecule has 3 aromatic rings. The summed E-state index contributed by atoms with van der Waals surface area (Å²) in [6, 6.07) is 24.4. The highest BCUT2D eigenvalue weighted by molar-refractivity contribution is 7.00. The van der Waals surface area contributed by atoms with E-state index in [0.717, 1.165) is 10.4 Å². The van der Waals surface area contributed by atoms with Crippen LogP contribution in [0.1, 0.15) is 36.7 Å². The van der Waals surface area contributed by atoms with Crippen LogP contribution in [0.15, 0.2) is 72.8 Å². The van der Waals surface area contributed by atoms with Crippen LogP contribution < -0.4 is 19.5 Å². The van der Waals surface area contributed by atoms with Gasteiger partial charge in [-0.05, 0) is 34.0 Å². The molecule has 0 unspecified atom stereocenters. The summed E-state index contributed by atoms with van der Waals surface area (Å²) >= 11 is 0. The van der Waals surface area contributed by atoms with Crippen LogP contribution in [-0.4, -0.2) is 35.3 Å². The summed E-state index contributed by atoms with van der Waals surface area (Å²) in [5.41, 5.74) is 1.08. The third kappa shape index (κ3) is 4.97. The molecular weight excluding hydrogens is 432 g/mol. The molecule has 0 aliphatic rings. The molecule has 0 aromatic heterocycles. The van der Waals surface area contributed by atoms with Crippen molar-refractivity contribution in [2.75, 3.05) is 21.0 Å². The number of methoxy groups -OCH3 is 2. The summed E-state index contributed by atoms with van der Waals surface area (Å²) in [5, 5.41) is 2.13. The van der Waals surface area contributed by atoms with Gasteiger partial charge in [0, 0.05) is 13.2 Å². The van der Waals surface area contributed by atoms with Crippen LogP contribution in [0.2, 0.25) is 5.04 Å². The maximum atomic E-state index is 12.4. The van der Waals surface area contributed by atoms with Crippen molar-refractivity contribution in [2.45, 2.75) is 32.7 Å². The number of aryl methyl sites for hydroxylation is 1. The SMILES string of the molecule is COCOc1cc(O[Si](c2ccccc2)(c2ccccc2)C(C)(C)C)cc(C)c1C(=O)OC. The van der Waals surface area contributed by atoms with Crippen LogP contribution in [0.3, 0.4) is 0 Å². The van der Waals surface area contributed by atoms with Gasteiger partial charge in [0.05, 0.1) is 7.11 Å². The summed E-state index contributed by atoms with van der Waals surface area (Å²) in [7, 11) is 0.0678. The lowest BCUT2D eigenvalue weighted by atomic mass is 10.1. The quantitative estimate of drug-likeness (QED) is 0.275. The van der Waals surface area contributed by atoms with Crippen molar-refractivity contribution in [1.29, 1.82) is 0 Å². The molecule has 3 aromatic carbocycles. The molecule has 3 rings (SSSR count). The topological polar surface area (TPSA) is 54.0 Å². The smallest absolute Gasteiger partial charge is 0.341 e. The van der Waals surface area contributed by atoms with Crippen molar-refractivity contribution in [3.05, 3.63) is 83.9 Å². The van der Waals surface area contributed by atoms with Crippen molar-refractivity contribution in [1.82, 2.24) is 0 Å². The number of hydrogen-bond acceptors (Lipinski definition) is 5. The molecule has 0 spiro atoms. The minimum absolute atomic E-state index is 0.00605. The Balaban J connectivity index is 2.24. The monoisotopic (exact) mass is 464 g/mol. The van der Waals surface area contributed by atoms with Crippen molar-refractivity contribution < 1.29 is 23.4 Å². The van der Waals surface area contributed by atoms with E-state index in [2.05, 4.69) is 45.0 Å². The Morgan fingerprint density at radius 1 is 0.879 bits per heavy atom. The first-order chi connectivity index (χ1) is 15.7. The Morgan fingerprint density at radius 2 is 1.42 bits per heavy atom. The molecular formula is C27H32O5Si. The standard InChI is InChI=1S/C27H32O5Si/c1-20-17-21(18-24(31-19-29-5)25(20)26(28)30-6)32-33(27(2,3)4,22-13-9-7-10-14-22)23-15-11-8-12-16-23/h7-18H,19H2,1-6H3. The zero-order chi connectivity index (χ0) is 24.1. The van der Waals surface area contributed by atoms with Gasteiger partial charge in [-0.15, -0.1) is 0 Å². The summed E-state index contributed by atoms with van der Waals surface area (Å²) in [4.78, 5) is 12.4. The van der Waals surface area contributed by atoms with Crippen LogP contribution in [0.5, 0.6) is 11.5 Å². The van der Waals surface area contributed by atoms with Crippen molar-refractivity contribution in [3.8, 4) is 11.5 Å². The molecule has 0 aliphatic carbocycles. The largest absolute Gasteiger partial charge is 0.534 e. The van der Waals surface area contributed by atoms with Gasteiger partial charge in [0.2, 0.25) is 0 Å². The number of hydrogen-bond donors (Lipinski definition) is 0. The van der Waals surface area contributed by atoms with Gasteiger partial charge in [0.15, 0.2) is 6.79 Å². The third-order valence-electron chi connectivity index (χ3n) is 5.68. The van der Waals surface area contributed by atoms with E-state index >= 15 is 0 Å². The molecule has 0 atom stereocenters. The van der Waals surface area contributed by atoms with E-state index in [9.17, 15) is 4.79 Å². The fourth-order valence-electron chi connectivity index (χ4n) is 4.21. The minimum Gasteiger partial charge on any atom is -0.534 e. The second kappa shape index (κ2) is 10.2. The Morgan fingerprint density at radius 3 is 1.88 bits per heavy atom. The average Bonchev–Trinajstić information content (AvgIpc) is 2.81. The van der Waals surface area contributed by atoms with Gasteiger partial charge in [0.25, 0.3) is 0 Å². The zero-order valence-electron chi connectivity index (χ0n) is 20.2. The Bertz CT molecular complexity index is 1040. The fraction of sp³-hybridized carbons (Fsp3) is 0.296. The van der Waals surface area contributed by atoms with Gasteiger partial charge in [-0.2, -0.15) is 0 Å². The molecule has 0 saturated carbocycles. The van der Waals surface area contributed by atoms with E-state index in [-0.39, 0.29) is 11.8 Å². The molecule has 0 bridgehead atoms. The highest BCUT2D eigenvalue weighted by Gasteiger charge is 2.52. The average molecular weight is 465 g/mol. The second-order valence-corrected chi connectivity index (χ2v) is 13.1. The predicted octanol–water partition coefficient (Wildman–Crippen LogP) is 4.70. The van der Waals surface area contributed by atoms with E-state index in [1.807, 2.05) is 49.4 Å². The molecule has 0 aliphatic heterocycles. The highest BCUT2D eigenvalue weighted by Crippen LogP contribution is 2.39. The molecule has 5 nitrogen and oxygen atoms in total. The third-order valence-corrected chi connectivity index (χ3v) is 10.6. The van der Waals surface area contributed by atoms with Gasteiger partial charge in [-0.25, -0.2) is 4.79 Å². The van der Waals surface area contributed by atoms with E-state index in [4.69, 9.17) is 18.6 Å². The summed E-state index contributed by atoms with van der Waals surface area (Å²) < 4.78 is 22.9. The summed E-state index contributed by atoms with van der Waals surface area (Å²) in [6.07, 6.45) is 0. The molecule has 6 heteroatoms. The lowest BCUT2D eigenvalue weighted by Crippen LogP contribution is -2.68. The summed E-state index contributed by atoms with van der Waals surface area (Å²) in [5.74, 6) is 0.549. The second-order valence-electron chi connectivity index (χ2n) is 8.92. The molecule has 0 N–H and O–H groups in total. The molecule has 33 heavy (non-hydrogen) atoms. The van der Waals surface area contributed by atoms with Gasteiger partial charge in [-0.1, -0.05) is 81.4 Å². The van der Waals surface area contributed by atoms with Crippen molar-refractivity contribution in [3.63, 3.8) is 0 Å². The van der Waals surface area contributed by atoms with Gasteiger partial charge in [-0.3, -0.25) is 0 Å². The first kappa shape index (κ1) is 24.5. The number of carbonyl (C=O) groups is 1. The highest BCUT2D eigenvalue weighted by atomic mass is 28.4. The maximum absolute atomic E-state index is 12.4. The normalized spacial score (nSPS) is 11.7. The number of carbonyl (C=O) groups excluding carboxylic acids is 1. The molecule has 0 saturated heterocycles. The Labute approximate surface area is 197 Å². The number of benzene rings is 3. The van der Waals surface area contributed by atoms with E-state index < -0.39 is 14.3 Å². The molecule has 0 fully saturated rings. The van der Waals surface area contributed by atoms with Crippen molar-refractivity contribution in [2.24, 2.45) is 0 Å². The predicted molar refractivity (Wildman–Crippen MR) is 133 cm³/mol. The first-order valence-electron chi connectivity index (χ1n) is 10.9. The molecule has 0 amide bonds. The van der Waals surface area contributed by atoms with E-state index in [1.165, 1.54) is 14.2 Å². The van der Waals surface area contributed by atoms with Crippen LogP contribution >= 0.6 is 0 Å². The molecule has 174 valence electrons. The maximum Gasteiger partial charge on any atom is 0.341 e. The molecule has 0 heterocycles. The Kier molecular flexibility index (Phi) is 7.61. The van der Waals surface area contributed by atoms with Gasteiger partial charge >= 0.3 is 14.3 Å². The van der Waals surface area contributed by atoms with E-state index in [0.29, 0.717) is 22.6 Å². The number of esters is 1. The number of rotatable bonds is 8. The minimum atomic E-state index is -2.82. The zero-order valence-corrected chi connectivity index (χ0v) is 21.2. The van der Waals surface area contributed by atoms with Crippen LogP contribution in [0, 0.1) is 6.92 Å². The van der Waals surface area contributed by atoms with Crippen molar-refractivity contribution >= 4 is 24.7 Å². The summed E-state index contributed by atoms with van der Waals surface area (Å²) in [6.45, 7) is 8.52. The lowest BCUT2D eigenvalue weighted by Gasteiger charge is -2.43.